The maximum atomic E-state index is 12.4. The molecule has 8 heteroatoms. The maximum absolute atomic E-state index is 12.4. The number of amides is 2. The number of hydrogen-bond acceptors (Lipinski definition) is 4. The number of sulfonamides is 1. The third kappa shape index (κ3) is 4.18. The molecule has 0 bridgehead atoms. The molecule has 2 amide bonds. The molecule has 0 fully saturated rings. The monoisotopic (exact) mass is 401 g/mol. The van der Waals surface area contributed by atoms with Gasteiger partial charge < -0.3 is 15.1 Å². The summed E-state index contributed by atoms with van der Waals surface area (Å²) >= 11 is 0. The Morgan fingerprint density at radius 3 is 2.50 bits per heavy atom. The second kappa shape index (κ2) is 8.04. The van der Waals surface area contributed by atoms with Gasteiger partial charge in [0.1, 0.15) is 11.3 Å². The van der Waals surface area contributed by atoms with Gasteiger partial charge >= 0.3 is 6.03 Å². The molecule has 0 aliphatic carbocycles. The molecule has 2 aromatic carbocycles. The summed E-state index contributed by atoms with van der Waals surface area (Å²) in [6.07, 6.45) is 0. The Kier molecular flexibility index (Phi) is 5.71. The Bertz CT molecular complexity index is 1060. The first-order chi connectivity index (χ1) is 13.3. The van der Waals surface area contributed by atoms with Crippen molar-refractivity contribution in [3.05, 3.63) is 65.9 Å². The Morgan fingerprint density at radius 2 is 1.79 bits per heavy atom. The lowest BCUT2D eigenvalue weighted by Gasteiger charge is -2.16. The number of furan rings is 1. The molecule has 28 heavy (non-hydrogen) atoms. The summed E-state index contributed by atoms with van der Waals surface area (Å²) in [6.45, 7) is 1.91. The molecule has 0 radical (unpaired) electrons. The summed E-state index contributed by atoms with van der Waals surface area (Å²) in [7, 11) is -0.643. The first kappa shape index (κ1) is 19.9. The second-order valence-corrected chi connectivity index (χ2v) is 8.75. The molecule has 1 atom stereocenters. The van der Waals surface area contributed by atoms with E-state index in [0.29, 0.717) is 11.3 Å². The Labute approximate surface area is 164 Å². The molecule has 0 aliphatic heterocycles. The van der Waals surface area contributed by atoms with Crippen LogP contribution in [0.4, 0.5) is 4.79 Å². The molecule has 3 rings (SSSR count). The van der Waals surface area contributed by atoms with Gasteiger partial charge in [0.05, 0.1) is 10.9 Å². The predicted molar refractivity (Wildman–Crippen MR) is 107 cm³/mol. The summed E-state index contributed by atoms with van der Waals surface area (Å²) < 4.78 is 31.8. The van der Waals surface area contributed by atoms with Crippen molar-refractivity contribution in [3.8, 4) is 0 Å². The number of nitrogens with zero attached hydrogens (tertiary/aromatic N) is 1. The Morgan fingerprint density at radius 1 is 1.11 bits per heavy atom. The number of para-hydroxylation sites is 1. The SMILES string of the molecule is C[C@@H](NC(=O)NCc1ccccc1S(=O)(=O)N(C)C)c1cc2ccccc2o1. The number of hydrogen-bond donors (Lipinski definition) is 2. The number of benzene rings is 2. The molecule has 0 unspecified atom stereocenters. The third-order valence-corrected chi connectivity index (χ3v) is 6.31. The van der Waals surface area contributed by atoms with Crippen LogP contribution in [0, 0.1) is 0 Å². The van der Waals surface area contributed by atoms with E-state index >= 15 is 0 Å². The van der Waals surface area contributed by atoms with E-state index in [1.807, 2.05) is 37.3 Å². The van der Waals surface area contributed by atoms with Crippen LogP contribution < -0.4 is 10.6 Å². The molecule has 0 spiro atoms. The number of carbonyl (C=O) groups is 1. The lowest BCUT2D eigenvalue weighted by Crippen LogP contribution is -2.37. The van der Waals surface area contributed by atoms with E-state index in [-0.39, 0.29) is 17.5 Å². The fourth-order valence-corrected chi connectivity index (χ4v) is 3.92. The average molecular weight is 401 g/mol. The quantitative estimate of drug-likeness (QED) is 0.663. The van der Waals surface area contributed by atoms with Crippen LogP contribution in [0.3, 0.4) is 0 Å². The Balaban J connectivity index is 1.66. The van der Waals surface area contributed by atoms with Gasteiger partial charge in [0.2, 0.25) is 10.0 Å². The van der Waals surface area contributed by atoms with Crippen molar-refractivity contribution in [2.24, 2.45) is 0 Å². The number of rotatable bonds is 6. The van der Waals surface area contributed by atoms with Gasteiger partial charge in [-0.05, 0) is 30.7 Å². The number of carbonyl (C=O) groups excluding carboxylic acids is 1. The summed E-state index contributed by atoms with van der Waals surface area (Å²) in [5.41, 5.74) is 1.28. The molecular weight excluding hydrogens is 378 g/mol. The molecule has 148 valence electrons. The highest BCUT2D eigenvalue weighted by Gasteiger charge is 2.21. The summed E-state index contributed by atoms with van der Waals surface area (Å²) in [6, 6.07) is 15.4. The molecule has 2 N–H and O–H groups in total. The second-order valence-electron chi connectivity index (χ2n) is 6.63. The topological polar surface area (TPSA) is 91.7 Å². The number of urea groups is 1. The zero-order valence-corrected chi connectivity index (χ0v) is 16.8. The molecule has 1 aromatic heterocycles. The molecule has 1 heterocycles. The van der Waals surface area contributed by atoms with E-state index in [2.05, 4.69) is 10.6 Å². The predicted octanol–water partition coefficient (Wildman–Crippen LogP) is 3.24. The highest BCUT2D eigenvalue weighted by molar-refractivity contribution is 7.89. The summed E-state index contributed by atoms with van der Waals surface area (Å²) in [4.78, 5) is 12.5. The van der Waals surface area contributed by atoms with Crippen LogP contribution in [0.15, 0.2) is 63.9 Å². The largest absolute Gasteiger partial charge is 0.459 e. The molecular formula is C20H23N3O4S. The fraction of sp³-hybridized carbons (Fsp3) is 0.250. The summed E-state index contributed by atoms with van der Waals surface area (Å²) in [5.74, 6) is 0.645. The zero-order chi connectivity index (χ0) is 20.3. The lowest BCUT2D eigenvalue weighted by molar-refractivity contribution is 0.236. The van der Waals surface area contributed by atoms with Crippen molar-refractivity contribution >= 4 is 27.0 Å². The minimum atomic E-state index is -3.59. The first-order valence-electron chi connectivity index (χ1n) is 8.82. The minimum absolute atomic E-state index is 0.0852. The van der Waals surface area contributed by atoms with Crippen molar-refractivity contribution in [2.45, 2.75) is 24.4 Å². The van der Waals surface area contributed by atoms with Crippen molar-refractivity contribution < 1.29 is 17.6 Å². The van der Waals surface area contributed by atoms with Gasteiger partial charge in [-0.1, -0.05) is 36.4 Å². The van der Waals surface area contributed by atoms with Crippen LogP contribution in [-0.4, -0.2) is 32.8 Å². The molecule has 0 saturated heterocycles. The molecule has 0 saturated carbocycles. The van der Waals surface area contributed by atoms with Crippen LogP contribution >= 0.6 is 0 Å². The maximum Gasteiger partial charge on any atom is 0.315 e. The minimum Gasteiger partial charge on any atom is -0.459 e. The van der Waals surface area contributed by atoms with Crippen LogP contribution in [0.5, 0.6) is 0 Å². The highest BCUT2D eigenvalue weighted by atomic mass is 32.2. The van der Waals surface area contributed by atoms with E-state index in [4.69, 9.17) is 4.42 Å². The smallest absolute Gasteiger partial charge is 0.315 e. The average Bonchev–Trinajstić information content (AvgIpc) is 3.11. The van der Waals surface area contributed by atoms with Gasteiger partial charge in [0.15, 0.2) is 0 Å². The lowest BCUT2D eigenvalue weighted by atomic mass is 10.2. The highest BCUT2D eigenvalue weighted by Crippen LogP contribution is 2.23. The molecule has 0 aliphatic rings. The van der Waals surface area contributed by atoms with Gasteiger partial charge in [-0.3, -0.25) is 0 Å². The molecule has 3 aromatic rings. The van der Waals surface area contributed by atoms with Gasteiger partial charge in [-0.15, -0.1) is 0 Å². The van der Waals surface area contributed by atoms with E-state index in [0.717, 1.165) is 15.3 Å². The van der Waals surface area contributed by atoms with Gasteiger partial charge in [-0.25, -0.2) is 17.5 Å². The van der Waals surface area contributed by atoms with Crippen LogP contribution in [-0.2, 0) is 16.6 Å². The number of fused-ring (bicyclic) bond motifs is 1. The standard InChI is InChI=1S/C20H23N3O4S/c1-14(18-12-15-8-4-6-10-17(15)27-18)22-20(24)21-13-16-9-5-7-11-19(16)28(25,26)23(2)3/h4-12,14H,13H2,1-3H3,(H2,21,22,24)/t14-/m1/s1. The Hall–Kier alpha value is -2.84. The fourth-order valence-electron chi connectivity index (χ4n) is 2.81. The van der Waals surface area contributed by atoms with Gasteiger partial charge in [0.25, 0.3) is 0 Å². The van der Waals surface area contributed by atoms with E-state index in [9.17, 15) is 13.2 Å². The van der Waals surface area contributed by atoms with E-state index in [1.54, 1.807) is 18.2 Å². The normalized spacial score (nSPS) is 12.9. The third-order valence-electron chi connectivity index (χ3n) is 4.39. The van der Waals surface area contributed by atoms with Crippen molar-refractivity contribution in [2.75, 3.05) is 14.1 Å². The van der Waals surface area contributed by atoms with Gasteiger partial charge in [0, 0.05) is 26.0 Å². The van der Waals surface area contributed by atoms with E-state index < -0.39 is 16.1 Å². The van der Waals surface area contributed by atoms with Crippen molar-refractivity contribution in [1.82, 2.24) is 14.9 Å². The van der Waals surface area contributed by atoms with Crippen LogP contribution in [0.25, 0.3) is 11.0 Å². The summed E-state index contributed by atoms with van der Waals surface area (Å²) in [5, 5.41) is 6.48. The van der Waals surface area contributed by atoms with E-state index in [1.165, 1.54) is 20.2 Å². The van der Waals surface area contributed by atoms with Crippen molar-refractivity contribution in [1.29, 1.82) is 0 Å². The number of nitrogens with one attached hydrogen (secondary N) is 2. The van der Waals surface area contributed by atoms with Crippen molar-refractivity contribution in [3.63, 3.8) is 0 Å². The van der Waals surface area contributed by atoms with Crippen LogP contribution in [0.1, 0.15) is 24.3 Å². The first-order valence-corrected chi connectivity index (χ1v) is 10.3. The molecule has 7 nitrogen and oxygen atoms in total. The van der Waals surface area contributed by atoms with Crippen LogP contribution in [0.2, 0.25) is 0 Å². The van der Waals surface area contributed by atoms with Gasteiger partial charge in [-0.2, -0.15) is 0 Å². The zero-order valence-electron chi connectivity index (χ0n) is 16.0.